The smallest absolute Gasteiger partial charge is 0.259 e. The summed E-state index contributed by atoms with van der Waals surface area (Å²) in [7, 11) is 0. The van der Waals surface area contributed by atoms with Crippen LogP contribution in [0.5, 0.6) is 0 Å². The van der Waals surface area contributed by atoms with E-state index in [0.717, 1.165) is 50.3 Å². The van der Waals surface area contributed by atoms with Crippen molar-refractivity contribution in [2.45, 2.75) is 39.2 Å². The molecule has 0 radical (unpaired) electrons. The van der Waals surface area contributed by atoms with Crippen molar-refractivity contribution in [1.29, 1.82) is 0 Å². The second-order valence-electron chi connectivity index (χ2n) is 7.93. The fourth-order valence-electron chi connectivity index (χ4n) is 4.72. The maximum Gasteiger partial charge on any atom is 0.259 e. The van der Waals surface area contributed by atoms with Gasteiger partial charge in [-0.15, -0.1) is 0 Å². The Morgan fingerprint density at radius 3 is 2.71 bits per heavy atom. The minimum absolute atomic E-state index is 0.0489. The molecular weight excluding hydrogens is 350 g/mol. The maximum atomic E-state index is 13.1. The van der Waals surface area contributed by atoms with Gasteiger partial charge in [0, 0.05) is 42.8 Å². The van der Waals surface area contributed by atoms with Crippen LogP contribution in [0.15, 0.2) is 36.5 Å². The third-order valence-electron chi connectivity index (χ3n) is 6.12. The number of carbonyl (C=O) groups excluding carboxylic acids is 1. The molecule has 6 nitrogen and oxygen atoms in total. The Kier molecular flexibility index (Phi) is 4.07. The topological polar surface area (TPSA) is 53.7 Å². The van der Waals surface area contributed by atoms with Crippen LogP contribution in [0.1, 0.15) is 40.2 Å². The minimum Gasteiger partial charge on any atom is -0.368 e. The van der Waals surface area contributed by atoms with Crippen LogP contribution in [0.4, 0.5) is 5.69 Å². The highest BCUT2D eigenvalue weighted by atomic mass is 16.2. The molecule has 5 rings (SSSR count). The monoisotopic (exact) mass is 375 g/mol. The average molecular weight is 375 g/mol. The van der Waals surface area contributed by atoms with Crippen molar-refractivity contribution in [3.8, 4) is 0 Å². The zero-order chi connectivity index (χ0) is 19.3. The zero-order valence-electron chi connectivity index (χ0n) is 16.4. The number of hydrogen-bond acceptors (Lipinski definition) is 4. The summed E-state index contributed by atoms with van der Waals surface area (Å²) >= 11 is 0. The summed E-state index contributed by atoms with van der Waals surface area (Å²) < 4.78 is 1.76. The summed E-state index contributed by atoms with van der Waals surface area (Å²) in [6, 6.07) is 11.2. The van der Waals surface area contributed by atoms with E-state index in [2.05, 4.69) is 39.2 Å². The van der Waals surface area contributed by atoms with Crippen LogP contribution in [-0.4, -0.2) is 51.1 Å². The van der Waals surface area contributed by atoms with Crippen LogP contribution in [0.25, 0.3) is 5.65 Å². The van der Waals surface area contributed by atoms with Crippen LogP contribution in [0.3, 0.4) is 0 Å². The largest absolute Gasteiger partial charge is 0.368 e. The van der Waals surface area contributed by atoms with E-state index in [1.807, 2.05) is 24.8 Å². The highest BCUT2D eigenvalue weighted by Gasteiger charge is 2.31. The predicted octanol–water partition coefficient (Wildman–Crippen LogP) is 3.01. The number of likely N-dealkylation sites (tertiary alicyclic amines) is 1. The number of rotatable bonds is 2. The third-order valence-corrected chi connectivity index (χ3v) is 6.12. The van der Waals surface area contributed by atoms with Crippen LogP contribution < -0.4 is 4.90 Å². The van der Waals surface area contributed by atoms with Crippen molar-refractivity contribution in [2.75, 3.05) is 24.5 Å². The predicted molar refractivity (Wildman–Crippen MR) is 109 cm³/mol. The number of benzene rings is 1. The number of piperidine rings is 1. The highest BCUT2D eigenvalue weighted by molar-refractivity contribution is 5.99. The number of aryl methyl sites for hydroxylation is 2. The van der Waals surface area contributed by atoms with Crippen molar-refractivity contribution >= 4 is 17.2 Å². The number of amides is 1. The lowest BCUT2D eigenvalue weighted by Gasteiger charge is -2.38. The molecular formula is C22H25N5O. The Morgan fingerprint density at radius 1 is 1.11 bits per heavy atom. The summed E-state index contributed by atoms with van der Waals surface area (Å²) in [5.74, 6) is 0.0489. The van der Waals surface area contributed by atoms with Gasteiger partial charge in [-0.2, -0.15) is 5.10 Å². The SMILES string of the molecule is Cc1cc(C)n2ncc(C(=O)N3CCC(N4CCc5ccccc54)CC3)c2n1. The molecule has 144 valence electrons. The average Bonchev–Trinajstić information content (AvgIpc) is 3.32. The van der Waals surface area contributed by atoms with E-state index in [9.17, 15) is 4.79 Å². The Balaban J connectivity index is 1.32. The molecule has 2 aliphatic rings. The Bertz CT molecular complexity index is 1050. The first-order valence-corrected chi connectivity index (χ1v) is 10.1. The van der Waals surface area contributed by atoms with Gasteiger partial charge in [0.15, 0.2) is 5.65 Å². The van der Waals surface area contributed by atoms with Crippen LogP contribution in [0, 0.1) is 13.8 Å². The van der Waals surface area contributed by atoms with Gasteiger partial charge >= 0.3 is 0 Å². The van der Waals surface area contributed by atoms with Crippen LogP contribution in [-0.2, 0) is 6.42 Å². The zero-order valence-corrected chi connectivity index (χ0v) is 16.4. The van der Waals surface area contributed by atoms with E-state index >= 15 is 0 Å². The molecule has 0 atom stereocenters. The lowest BCUT2D eigenvalue weighted by atomic mass is 10.0. The second kappa shape index (κ2) is 6.62. The molecule has 28 heavy (non-hydrogen) atoms. The van der Waals surface area contributed by atoms with Gasteiger partial charge in [-0.1, -0.05) is 18.2 Å². The van der Waals surface area contributed by atoms with E-state index in [1.165, 1.54) is 11.3 Å². The molecule has 1 aromatic carbocycles. The highest BCUT2D eigenvalue weighted by Crippen LogP contribution is 2.32. The number of anilines is 1. The number of para-hydroxylation sites is 1. The third kappa shape index (κ3) is 2.75. The van der Waals surface area contributed by atoms with Gasteiger partial charge in [0.25, 0.3) is 5.91 Å². The first-order chi connectivity index (χ1) is 13.6. The molecule has 1 saturated heterocycles. The molecule has 0 unspecified atom stereocenters. The normalized spacial score (nSPS) is 17.4. The van der Waals surface area contributed by atoms with Gasteiger partial charge < -0.3 is 9.80 Å². The summed E-state index contributed by atoms with van der Waals surface area (Å²) in [5, 5.41) is 4.38. The molecule has 3 aromatic rings. The van der Waals surface area contributed by atoms with Gasteiger partial charge in [-0.3, -0.25) is 4.79 Å². The van der Waals surface area contributed by atoms with E-state index in [1.54, 1.807) is 10.7 Å². The molecule has 6 heteroatoms. The van der Waals surface area contributed by atoms with Gasteiger partial charge in [0.1, 0.15) is 5.56 Å². The number of aromatic nitrogens is 3. The first kappa shape index (κ1) is 17.2. The molecule has 2 aromatic heterocycles. The molecule has 0 spiro atoms. The fraction of sp³-hybridized carbons (Fsp3) is 0.409. The van der Waals surface area contributed by atoms with Crippen molar-refractivity contribution in [3.63, 3.8) is 0 Å². The van der Waals surface area contributed by atoms with E-state index in [4.69, 9.17) is 0 Å². The summed E-state index contributed by atoms with van der Waals surface area (Å²) in [6.07, 6.45) is 4.80. The summed E-state index contributed by atoms with van der Waals surface area (Å²) in [4.78, 5) is 22.2. The van der Waals surface area contributed by atoms with Crippen molar-refractivity contribution in [2.24, 2.45) is 0 Å². The van der Waals surface area contributed by atoms with E-state index < -0.39 is 0 Å². The van der Waals surface area contributed by atoms with E-state index in [0.29, 0.717) is 17.3 Å². The number of hydrogen-bond donors (Lipinski definition) is 0. The van der Waals surface area contributed by atoms with E-state index in [-0.39, 0.29) is 5.91 Å². The Labute approximate surface area is 164 Å². The lowest BCUT2D eigenvalue weighted by molar-refractivity contribution is 0.0714. The van der Waals surface area contributed by atoms with Gasteiger partial charge in [-0.05, 0) is 50.8 Å². The van der Waals surface area contributed by atoms with Crippen molar-refractivity contribution in [1.82, 2.24) is 19.5 Å². The summed E-state index contributed by atoms with van der Waals surface area (Å²) in [5.41, 5.74) is 6.00. The number of nitrogens with zero attached hydrogens (tertiary/aromatic N) is 5. The lowest BCUT2D eigenvalue weighted by Crippen LogP contribution is -2.46. The molecule has 0 N–H and O–H groups in total. The van der Waals surface area contributed by atoms with Gasteiger partial charge in [-0.25, -0.2) is 9.50 Å². The molecule has 4 heterocycles. The summed E-state index contributed by atoms with van der Waals surface area (Å²) in [6.45, 7) is 6.60. The van der Waals surface area contributed by atoms with Crippen molar-refractivity contribution < 1.29 is 4.79 Å². The molecule has 0 bridgehead atoms. The first-order valence-electron chi connectivity index (χ1n) is 10.1. The molecule has 0 aliphatic carbocycles. The number of fused-ring (bicyclic) bond motifs is 2. The molecule has 1 fully saturated rings. The maximum absolute atomic E-state index is 13.1. The fourth-order valence-corrected chi connectivity index (χ4v) is 4.72. The molecule has 2 aliphatic heterocycles. The van der Waals surface area contributed by atoms with Crippen molar-refractivity contribution in [3.05, 3.63) is 59.0 Å². The minimum atomic E-state index is 0.0489. The van der Waals surface area contributed by atoms with Gasteiger partial charge in [0.05, 0.1) is 6.20 Å². The quantitative estimate of drug-likeness (QED) is 0.691. The van der Waals surface area contributed by atoms with Crippen LogP contribution in [0.2, 0.25) is 0 Å². The standard InChI is InChI=1S/C22H25N5O/c1-15-13-16(2)27-21(24-15)19(14-23-27)22(28)25-10-8-18(9-11-25)26-12-7-17-5-3-4-6-20(17)26/h3-6,13-14,18H,7-12H2,1-2H3. The molecule has 0 saturated carbocycles. The Morgan fingerprint density at radius 2 is 1.89 bits per heavy atom. The van der Waals surface area contributed by atoms with Gasteiger partial charge in [0.2, 0.25) is 0 Å². The Hall–Kier alpha value is -2.89. The second-order valence-corrected chi connectivity index (χ2v) is 7.93. The number of carbonyl (C=O) groups is 1. The molecule has 1 amide bonds. The van der Waals surface area contributed by atoms with Crippen LogP contribution >= 0.6 is 0 Å².